The summed E-state index contributed by atoms with van der Waals surface area (Å²) in [5, 5.41) is 9.00. The van der Waals surface area contributed by atoms with Gasteiger partial charge in [-0.15, -0.1) is 0 Å². The molecular formula is C8H15NO. The maximum Gasteiger partial charge on any atom is 0.0737 e. The predicted octanol–water partition coefficient (Wildman–Crippen LogP) is 1.75. The molecule has 0 fully saturated rings. The molecule has 0 aliphatic heterocycles. The van der Waals surface area contributed by atoms with Crippen LogP contribution in [-0.4, -0.2) is 16.9 Å². The van der Waals surface area contributed by atoms with Crippen molar-refractivity contribution >= 4 is 5.71 Å². The summed E-state index contributed by atoms with van der Waals surface area (Å²) in [6, 6.07) is 0. The standard InChI is InChI=1S/C8H15NO/c1-6(2)9-5-7(3)8(4)10/h5,8,10H,1-4H3/b7-5-. The molecule has 58 valence electrons. The van der Waals surface area contributed by atoms with E-state index in [0.29, 0.717) is 0 Å². The van der Waals surface area contributed by atoms with Crippen LogP contribution < -0.4 is 0 Å². The third-order valence-corrected chi connectivity index (χ3v) is 1.19. The van der Waals surface area contributed by atoms with Crippen molar-refractivity contribution in [3.8, 4) is 0 Å². The van der Waals surface area contributed by atoms with Crippen LogP contribution in [0.3, 0.4) is 0 Å². The molecule has 0 aliphatic rings. The van der Waals surface area contributed by atoms with Gasteiger partial charge in [0.15, 0.2) is 0 Å². The number of aliphatic hydroxyl groups is 1. The second kappa shape index (κ2) is 4.23. The van der Waals surface area contributed by atoms with Crippen molar-refractivity contribution in [2.45, 2.75) is 33.8 Å². The fraction of sp³-hybridized carbons (Fsp3) is 0.625. The second-order valence-corrected chi connectivity index (χ2v) is 2.63. The number of rotatable bonds is 2. The first-order valence-corrected chi connectivity index (χ1v) is 3.39. The molecule has 0 heterocycles. The molecule has 10 heavy (non-hydrogen) atoms. The summed E-state index contributed by atoms with van der Waals surface area (Å²) in [5.74, 6) is 0. The quantitative estimate of drug-likeness (QED) is 0.584. The number of aliphatic hydroxyl groups excluding tert-OH is 1. The van der Waals surface area contributed by atoms with Crippen LogP contribution in [0.4, 0.5) is 0 Å². The van der Waals surface area contributed by atoms with Gasteiger partial charge in [-0.3, -0.25) is 4.99 Å². The number of hydrogen-bond donors (Lipinski definition) is 1. The molecule has 1 unspecified atom stereocenters. The summed E-state index contributed by atoms with van der Waals surface area (Å²) in [4.78, 5) is 4.04. The van der Waals surface area contributed by atoms with Crippen LogP contribution in [-0.2, 0) is 0 Å². The van der Waals surface area contributed by atoms with Crippen LogP contribution in [0, 0.1) is 0 Å². The zero-order valence-corrected chi connectivity index (χ0v) is 7.05. The Hall–Kier alpha value is -0.630. The van der Waals surface area contributed by atoms with Gasteiger partial charge in [-0.2, -0.15) is 0 Å². The molecule has 1 N–H and O–H groups in total. The molecular weight excluding hydrogens is 126 g/mol. The van der Waals surface area contributed by atoms with Crippen LogP contribution >= 0.6 is 0 Å². The largest absolute Gasteiger partial charge is 0.389 e. The van der Waals surface area contributed by atoms with Crippen molar-refractivity contribution in [1.82, 2.24) is 0 Å². The van der Waals surface area contributed by atoms with Crippen LogP contribution in [0.1, 0.15) is 27.7 Å². The molecule has 0 amide bonds. The van der Waals surface area contributed by atoms with Gasteiger partial charge >= 0.3 is 0 Å². The lowest BCUT2D eigenvalue weighted by Crippen LogP contribution is -2.00. The highest BCUT2D eigenvalue weighted by molar-refractivity contribution is 5.79. The molecule has 0 radical (unpaired) electrons. The smallest absolute Gasteiger partial charge is 0.0737 e. The summed E-state index contributed by atoms with van der Waals surface area (Å²) < 4.78 is 0. The van der Waals surface area contributed by atoms with Crippen molar-refractivity contribution < 1.29 is 5.11 Å². The van der Waals surface area contributed by atoms with Crippen molar-refractivity contribution in [2.24, 2.45) is 4.99 Å². The third-order valence-electron chi connectivity index (χ3n) is 1.19. The Morgan fingerprint density at radius 3 is 2.20 bits per heavy atom. The molecule has 0 saturated carbocycles. The highest BCUT2D eigenvalue weighted by atomic mass is 16.3. The molecule has 0 rings (SSSR count). The van der Waals surface area contributed by atoms with E-state index in [-0.39, 0.29) is 6.10 Å². The van der Waals surface area contributed by atoms with E-state index in [2.05, 4.69) is 4.99 Å². The molecule has 0 spiro atoms. The Morgan fingerprint density at radius 1 is 1.40 bits per heavy atom. The minimum Gasteiger partial charge on any atom is -0.389 e. The van der Waals surface area contributed by atoms with E-state index in [1.54, 1.807) is 13.1 Å². The van der Waals surface area contributed by atoms with Gasteiger partial charge in [0, 0.05) is 11.9 Å². The Kier molecular flexibility index (Phi) is 3.96. The van der Waals surface area contributed by atoms with Gasteiger partial charge in [0.05, 0.1) is 6.10 Å². The topological polar surface area (TPSA) is 32.6 Å². The lowest BCUT2D eigenvalue weighted by atomic mass is 10.2. The lowest BCUT2D eigenvalue weighted by Gasteiger charge is -2.00. The maximum absolute atomic E-state index is 9.00. The molecule has 0 aliphatic carbocycles. The zero-order valence-electron chi connectivity index (χ0n) is 7.05. The minimum absolute atomic E-state index is 0.386. The zero-order chi connectivity index (χ0) is 8.15. The highest BCUT2D eigenvalue weighted by Gasteiger charge is 1.94. The molecule has 0 saturated heterocycles. The van der Waals surface area contributed by atoms with Gasteiger partial charge in [-0.1, -0.05) is 0 Å². The van der Waals surface area contributed by atoms with E-state index >= 15 is 0 Å². The van der Waals surface area contributed by atoms with Crippen LogP contribution in [0.25, 0.3) is 0 Å². The normalized spacial score (nSPS) is 14.7. The highest BCUT2D eigenvalue weighted by Crippen LogP contribution is 1.99. The molecule has 0 bridgehead atoms. The first-order chi connectivity index (χ1) is 4.54. The van der Waals surface area contributed by atoms with E-state index in [1.807, 2.05) is 20.8 Å². The number of aliphatic imine (C=N–C) groups is 1. The third kappa shape index (κ3) is 4.27. The van der Waals surface area contributed by atoms with E-state index < -0.39 is 0 Å². The van der Waals surface area contributed by atoms with Gasteiger partial charge in [-0.05, 0) is 33.3 Å². The monoisotopic (exact) mass is 141 g/mol. The molecule has 0 aromatic carbocycles. The van der Waals surface area contributed by atoms with Crippen molar-refractivity contribution in [2.75, 3.05) is 0 Å². The molecule has 2 nitrogen and oxygen atoms in total. The SMILES string of the molecule is CC(C)=N/C=C(/C)C(C)O. The molecule has 1 atom stereocenters. The average Bonchev–Trinajstić information content (AvgIpc) is 1.82. The number of hydrogen-bond acceptors (Lipinski definition) is 2. The Morgan fingerprint density at radius 2 is 1.90 bits per heavy atom. The molecule has 0 aromatic rings. The Bertz CT molecular complexity index is 153. The van der Waals surface area contributed by atoms with Crippen LogP contribution in [0.2, 0.25) is 0 Å². The van der Waals surface area contributed by atoms with Gasteiger partial charge in [0.2, 0.25) is 0 Å². The summed E-state index contributed by atoms with van der Waals surface area (Å²) in [5.41, 5.74) is 1.89. The van der Waals surface area contributed by atoms with Crippen molar-refractivity contribution in [1.29, 1.82) is 0 Å². The van der Waals surface area contributed by atoms with Crippen LogP contribution in [0.5, 0.6) is 0 Å². The fourth-order valence-electron chi connectivity index (χ4n) is 0.339. The lowest BCUT2D eigenvalue weighted by molar-refractivity contribution is 0.231. The second-order valence-electron chi connectivity index (χ2n) is 2.63. The van der Waals surface area contributed by atoms with E-state index in [4.69, 9.17) is 5.11 Å². The molecule has 0 aromatic heterocycles. The van der Waals surface area contributed by atoms with Gasteiger partial charge in [0.1, 0.15) is 0 Å². The fourth-order valence-corrected chi connectivity index (χ4v) is 0.339. The van der Waals surface area contributed by atoms with Crippen molar-refractivity contribution in [3.05, 3.63) is 11.8 Å². The maximum atomic E-state index is 9.00. The average molecular weight is 141 g/mol. The van der Waals surface area contributed by atoms with Crippen LogP contribution in [0.15, 0.2) is 16.8 Å². The Labute approximate surface area is 62.3 Å². The predicted molar refractivity (Wildman–Crippen MR) is 44.2 cm³/mol. The summed E-state index contributed by atoms with van der Waals surface area (Å²) in [6.07, 6.45) is 1.31. The molecule has 2 heteroatoms. The minimum atomic E-state index is -0.386. The van der Waals surface area contributed by atoms with Gasteiger partial charge < -0.3 is 5.11 Å². The number of nitrogens with zero attached hydrogens (tertiary/aromatic N) is 1. The van der Waals surface area contributed by atoms with Crippen molar-refractivity contribution in [3.63, 3.8) is 0 Å². The summed E-state index contributed by atoms with van der Waals surface area (Å²) in [6.45, 7) is 7.43. The summed E-state index contributed by atoms with van der Waals surface area (Å²) in [7, 11) is 0. The van der Waals surface area contributed by atoms with Gasteiger partial charge in [0.25, 0.3) is 0 Å². The first-order valence-electron chi connectivity index (χ1n) is 3.39. The first kappa shape index (κ1) is 9.37. The van der Waals surface area contributed by atoms with E-state index in [1.165, 1.54) is 0 Å². The van der Waals surface area contributed by atoms with E-state index in [0.717, 1.165) is 11.3 Å². The van der Waals surface area contributed by atoms with E-state index in [9.17, 15) is 0 Å². The Balaban J connectivity index is 4.05. The van der Waals surface area contributed by atoms with Gasteiger partial charge in [-0.25, -0.2) is 0 Å². The summed E-state index contributed by atoms with van der Waals surface area (Å²) >= 11 is 0.